The molecule has 1 aromatic carbocycles. The largest absolute Gasteiger partial charge is 1.00 e. The lowest BCUT2D eigenvalue weighted by Crippen LogP contribution is -3.00. The quantitative estimate of drug-likeness (QED) is 0.0990. The van der Waals surface area contributed by atoms with Gasteiger partial charge in [-0.05, 0) is 25.0 Å². The summed E-state index contributed by atoms with van der Waals surface area (Å²) in [6, 6.07) is 12.2. The van der Waals surface area contributed by atoms with E-state index in [-0.39, 0.29) is 31.3 Å². The number of sulfonamides is 1. The summed E-state index contributed by atoms with van der Waals surface area (Å²) in [5.74, 6) is 0.0371. The molecule has 2 N–H and O–H groups in total. The molecule has 1 unspecified atom stereocenters. The predicted molar refractivity (Wildman–Crippen MR) is 185 cm³/mol. The number of halogens is 1. The van der Waals surface area contributed by atoms with Crippen LogP contribution in [-0.4, -0.2) is 53.2 Å². The molecule has 0 aliphatic carbocycles. The van der Waals surface area contributed by atoms with E-state index < -0.39 is 22.2 Å². The van der Waals surface area contributed by atoms with Crippen molar-refractivity contribution in [2.24, 2.45) is 0 Å². The number of amides is 1. The van der Waals surface area contributed by atoms with Gasteiger partial charge in [-0.25, -0.2) is 17.9 Å². The summed E-state index contributed by atoms with van der Waals surface area (Å²) in [7, 11) is -1.97. The van der Waals surface area contributed by atoms with Crippen LogP contribution in [0.1, 0.15) is 122 Å². The highest BCUT2D eigenvalue weighted by atomic mass is 35.5. The van der Waals surface area contributed by atoms with Crippen LogP contribution in [0.25, 0.3) is 10.9 Å². The first-order valence-electron chi connectivity index (χ1n) is 17.7. The lowest BCUT2D eigenvalue weighted by atomic mass is 10.0. The maximum absolute atomic E-state index is 12.5. The number of carbonyl (C=O) groups excluding carboxylic acids is 1. The first kappa shape index (κ1) is 42.1. The molecule has 8 nitrogen and oxygen atoms in total. The molecule has 264 valence electrons. The van der Waals surface area contributed by atoms with E-state index in [1.165, 1.54) is 97.0 Å². The molecule has 0 fully saturated rings. The Morgan fingerprint density at radius 2 is 1.35 bits per heavy atom. The Balaban J connectivity index is 0.0000106. The number of rotatable bonds is 28. The second-order valence-electron chi connectivity index (χ2n) is 12.3. The molecule has 0 radical (unpaired) electrons. The molecule has 46 heavy (non-hydrogen) atoms. The first-order valence-corrected chi connectivity index (χ1v) is 19.4. The van der Waals surface area contributed by atoms with Crippen LogP contribution < -0.4 is 27.0 Å². The van der Waals surface area contributed by atoms with Crippen LogP contribution in [-0.2, 0) is 26.0 Å². The van der Waals surface area contributed by atoms with Crippen molar-refractivity contribution in [2.45, 2.75) is 135 Å². The molecule has 1 amide bonds. The average Bonchev–Trinajstić information content (AvgIpc) is 3.04. The Kier molecular flexibility index (Phi) is 24.8. The maximum Gasteiger partial charge on any atom is 0.407 e. The summed E-state index contributed by atoms with van der Waals surface area (Å²) in [5.41, 5.74) is 1.14. The smallest absolute Gasteiger partial charge is 0.407 e. The van der Waals surface area contributed by atoms with Crippen molar-refractivity contribution in [3.05, 3.63) is 42.6 Å². The fourth-order valence-corrected chi connectivity index (χ4v) is 6.74. The SMILES string of the molecule is CCCCCCCCCCCCCCCCCCNC(=O)OCC(CNS(=O)(=O)CCCC[n+]1cccc2ccccc21)OC.[Cl-]. The number of aromatic nitrogens is 1. The highest BCUT2D eigenvalue weighted by molar-refractivity contribution is 7.89. The molecule has 2 rings (SSSR count). The van der Waals surface area contributed by atoms with Gasteiger partial charge in [0.05, 0.1) is 5.75 Å². The van der Waals surface area contributed by atoms with Crippen LogP contribution in [0.15, 0.2) is 42.6 Å². The van der Waals surface area contributed by atoms with Crippen molar-refractivity contribution in [1.29, 1.82) is 0 Å². The molecule has 0 aliphatic heterocycles. The molecule has 1 heterocycles. The van der Waals surface area contributed by atoms with Gasteiger partial charge < -0.3 is 27.2 Å². The zero-order chi connectivity index (χ0) is 32.4. The number of alkyl carbamates (subject to hydrolysis) is 1. The second-order valence-corrected chi connectivity index (χ2v) is 14.2. The number of pyridine rings is 1. The number of carbonyl (C=O) groups is 1. The zero-order valence-electron chi connectivity index (χ0n) is 28.7. The van der Waals surface area contributed by atoms with Gasteiger partial charge in [0, 0.05) is 44.1 Å². The summed E-state index contributed by atoms with van der Waals surface area (Å²) < 4.78 is 40.3. The Hall–Kier alpha value is -1.94. The monoisotopic (exact) mass is 683 g/mol. The molecule has 0 aliphatic rings. The van der Waals surface area contributed by atoms with E-state index in [0.717, 1.165) is 36.7 Å². The molecule has 1 aromatic heterocycles. The number of ether oxygens (including phenoxy) is 2. The minimum atomic E-state index is -3.46. The number of nitrogens with one attached hydrogen (secondary N) is 2. The van der Waals surface area contributed by atoms with E-state index in [1.54, 1.807) is 0 Å². The van der Waals surface area contributed by atoms with Crippen molar-refractivity contribution >= 4 is 27.0 Å². The van der Waals surface area contributed by atoms with Crippen molar-refractivity contribution in [3.63, 3.8) is 0 Å². The van der Waals surface area contributed by atoms with Gasteiger partial charge in [0.15, 0.2) is 6.20 Å². The fraction of sp³-hybridized carbons (Fsp3) is 0.722. The molecule has 0 saturated carbocycles. The Labute approximate surface area is 286 Å². The van der Waals surface area contributed by atoms with Gasteiger partial charge in [0.25, 0.3) is 0 Å². The molecule has 0 saturated heterocycles. The van der Waals surface area contributed by atoms with Crippen LogP contribution in [0.3, 0.4) is 0 Å². The minimum absolute atomic E-state index is 0. The average molecular weight is 684 g/mol. The summed E-state index contributed by atoms with van der Waals surface area (Å²) in [4.78, 5) is 12.1. The zero-order valence-corrected chi connectivity index (χ0v) is 30.2. The second kappa shape index (κ2) is 27.1. The number of fused-ring (bicyclic) bond motifs is 1. The molecular formula is C36H62ClN3O5S. The Bertz CT molecular complexity index is 1150. The summed E-state index contributed by atoms with van der Waals surface area (Å²) in [5, 5.41) is 3.95. The standard InChI is InChI=1S/C36H61N3O5S.ClH/c1-3-4-5-6-7-8-9-10-11-12-13-14-15-16-17-20-27-37-36(40)44-32-34(43-2)31-38-45(41,42)30-22-21-28-39-29-23-25-33-24-18-19-26-35(33)39;/h18-19,23-26,29,34,38H,3-17,20-22,27-28,30-32H2,1-2H3;1H. The molecule has 1 atom stereocenters. The third-order valence-electron chi connectivity index (χ3n) is 8.41. The van der Waals surface area contributed by atoms with Gasteiger partial charge in [-0.3, -0.25) is 0 Å². The minimum Gasteiger partial charge on any atom is -1.00 e. The van der Waals surface area contributed by atoms with Crippen molar-refractivity contribution in [2.75, 3.05) is 32.6 Å². The van der Waals surface area contributed by atoms with Gasteiger partial charge >= 0.3 is 6.09 Å². The van der Waals surface area contributed by atoms with Gasteiger partial charge in [0.1, 0.15) is 19.3 Å². The third-order valence-corrected chi connectivity index (χ3v) is 9.85. The van der Waals surface area contributed by atoms with Gasteiger partial charge in [-0.15, -0.1) is 0 Å². The number of nitrogens with zero attached hydrogens (tertiary/aromatic N) is 1. The number of aryl methyl sites for hydroxylation is 1. The van der Waals surface area contributed by atoms with E-state index in [0.29, 0.717) is 13.0 Å². The highest BCUT2D eigenvalue weighted by Crippen LogP contribution is 2.14. The van der Waals surface area contributed by atoms with E-state index in [9.17, 15) is 13.2 Å². The Morgan fingerprint density at radius 1 is 0.783 bits per heavy atom. The van der Waals surface area contributed by atoms with Crippen LogP contribution in [0, 0.1) is 0 Å². The van der Waals surface area contributed by atoms with Crippen molar-refractivity contribution < 1.29 is 39.7 Å². The van der Waals surface area contributed by atoms with Crippen molar-refractivity contribution in [1.82, 2.24) is 10.0 Å². The van der Waals surface area contributed by atoms with Crippen LogP contribution in [0.5, 0.6) is 0 Å². The number of para-hydroxylation sites is 1. The van der Waals surface area contributed by atoms with Crippen LogP contribution in [0.4, 0.5) is 4.79 Å². The predicted octanol–water partition coefficient (Wildman–Crippen LogP) is 4.83. The van der Waals surface area contributed by atoms with Crippen LogP contribution in [0.2, 0.25) is 0 Å². The number of methoxy groups -OCH3 is 1. The van der Waals surface area contributed by atoms with Crippen LogP contribution >= 0.6 is 0 Å². The molecule has 0 bridgehead atoms. The number of unbranched alkanes of at least 4 members (excludes halogenated alkanes) is 16. The number of hydrogen-bond donors (Lipinski definition) is 2. The topological polar surface area (TPSA) is 97.6 Å². The molecular weight excluding hydrogens is 622 g/mol. The highest BCUT2D eigenvalue weighted by Gasteiger charge is 2.17. The number of benzene rings is 1. The third kappa shape index (κ3) is 20.3. The summed E-state index contributed by atoms with van der Waals surface area (Å²) in [6.45, 7) is 3.65. The van der Waals surface area contributed by atoms with Gasteiger partial charge in [-0.2, -0.15) is 4.57 Å². The van der Waals surface area contributed by atoms with E-state index >= 15 is 0 Å². The lowest BCUT2D eigenvalue weighted by molar-refractivity contribution is -0.671. The van der Waals surface area contributed by atoms with Gasteiger partial charge in [-0.1, -0.05) is 115 Å². The normalized spacial score (nSPS) is 12.1. The fourth-order valence-electron chi connectivity index (χ4n) is 5.58. The van der Waals surface area contributed by atoms with Crippen molar-refractivity contribution in [3.8, 4) is 0 Å². The first-order chi connectivity index (χ1) is 21.9. The molecule has 10 heteroatoms. The summed E-state index contributed by atoms with van der Waals surface area (Å²) in [6.07, 6.45) is 23.3. The summed E-state index contributed by atoms with van der Waals surface area (Å²) >= 11 is 0. The molecule has 2 aromatic rings. The van der Waals surface area contributed by atoms with E-state index in [1.807, 2.05) is 24.4 Å². The van der Waals surface area contributed by atoms with E-state index in [4.69, 9.17) is 9.47 Å². The molecule has 0 spiro atoms. The van der Waals surface area contributed by atoms with E-state index in [2.05, 4.69) is 39.7 Å². The van der Waals surface area contributed by atoms with Gasteiger partial charge in [0.2, 0.25) is 15.5 Å². The number of hydrogen-bond acceptors (Lipinski definition) is 5. The Morgan fingerprint density at radius 3 is 1.96 bits per heavy atom. The maximum atomic E-state index is 12.5. The lowest BCUT2D eigenvalue weighted by Gasteiger charge is -2.16.